The molecule has 5 heteroatoms. The molecule has 1 aromatic carbocycles. The van der Waals surface area contributed by atoms with Gasteiger partial charge in [-0.3, -0.25) is 9.59 Å². The molecule has 0 heterocycles. The standard InChI is InChI=1S/C13H18N2O3/c1-10(16)15-12(9-18-2)13(17)14-8-11-6-4-3-5-7-11/h3-7,12H,8-9H2,1-2H3,(H,14,17)(H,15,16)/t12-/m1/s1/i1D3,2D3. The lowest BCUT2D eigenvalue weighted by molar-refractivity contribution is -0.129. The Balaban J connectivity index is 2.71. The predicted molar refractivity (Wildman–Crippen MR) is 67.8 cm³/mol. The van der Waals surface area contributed by atoms with Gasteiger partial charge in [-0.1, -0.05) is 30.3 Å². The van der Waals surface area contributed by atoms with Crippen LogP contribution in [-0.4, -0.2) is 31.5 Å². The zero-order chi connectivity index (χ0) is 18.4. The fourth-order valence-corrected chi connectivity index (χ4v) is 1.33. The van der Waals surface area contributed by atoms with Gasteiger partial charge < -0.3 is 15.4 Å². The van der Waals surface area contributed by atoms with Crippen molar-refractivity contribution in [2.75, 3.05) is 13.6 Å². The normalized spacial score (nSPS) is 18.0. The van der Waals surface area contributed by atoms with E-state index in [4.69, 9.17) is 8.22 Å². The molecule has 1 rings (SSSR count). The van der Waals surface area contributed by atoms with Gasteiger partial charge in [0.1, 0.15) is 6.04 Å². The fraction of sp³-hybridized carbons (Fsp3) is 0.385. The lowest BCUT2D eigenvalue weighted by Gasteiger charge is -2.16. The van der Waals surface area contributed by atoms with Crippen LogP contribution in [0.15, 0.2) is 30.3 Å². The van der Waals surface area contributed by atoms with Crippen molar-refractivity contribution >= 4 is 11.8 Å². The second-order valence-corrected chi connectivity index (χ2v) is 3.54. The Morgan fingerprint density at radius 3 is 2.83 bits per heavy atom. The molecular formula is C13H18N2O3. The van der Waals surface area contributed by atoms with Crippen LogP contribution in [0.1, 0.15) is 20.6 Å². The fourth-order valence-electron chi connectivity index (χ4n) is 1.33. The number of methoxy groups -OCH3 is 1. The van der Waals surface area contributed by atoms with E-state index in [-0.39, 0.29) is 6.54 Å². The predicted octanol–water partition coefficient (Wildman–Crippen LogP) is 0.454. The first-order valence-corrected chi connectivity index (χ1v) is 5.25. The van der Waals surface area contributed by atoms with Crippen molar-refractivity contribution < 1.29 is 22.6 Å². The van der Waals surface area contributed by atoms with Crippen LogP contribution in [-0.2, 0) is 20.9 Å². The number of hydrogen-bond acceptors (Lipinski definition) is 3. The molecule has 1 aromatic rings. The first kappa shape index (κ1) is 7.53. The lowest BCUT2D eigenvalue weighted by atomic mass is 10.2. The third kappa shape index (κ3) is 4.97. The summed E-state index contributed by atoms with van der Waals surface area (Å²) in [7, 11) is -2.78. The minimum absolute atomic E-state index is 0.133. The van der Waals surface area contributed by atoms with Gasteiger partial charge in [-0.25, -0.2) is 0 Å². The molecule has 0 aliphatic carbocycles. The number of carbonyl (C=O) groups is 2. The van der Waals surface area contributed by atoms with Crippen molar-refractivity contribution in [2.24, 2.45) is 0 Å². The van der Waals surface area contributed by atoms with Gasteiger partial charge in [-0.2, -0.15) is 0 Å². The van der Waals surface area contributed by atoms with E-state index >= 15 is 0 Å². The summed E-state index contributed by atoms with van der Waals surface area (Å²) < 4.78 is 46.4. The van der Waals surface area contributed by atoms with E-state index in [0.717, 1.165) is 5.56 Å². The summed E-state index contributed by atoms with van der Waals surface area (Å²) in [5.41, 5.74) is 0.781. The average molecular weight is 256 g/mol. The number of benzene rings is 1. The highest BCUT2D eigenvalue weighted by Gasteiger charge is 2.18. The third-order valence-corrected chi connectivity index (χ3v) is 2.18. The van der Waals surface area contributed by atoms with E-state index in [2.05, 4.69) is 10.1 Å². The van der Waals surface area contributed by atoms with Crippen molar-refractivity contribution in [3.63, 3.8) is 0 Å². The number of ether oxygens (including phenoxy) is 1. The van der Waals surface area contributed by atoms with Crippen LogP contribution < -0.4 is 10.6 Å². The van der Waals surface area contributed by atoms with Crippen LogP contribution in [0.5, 0.6) is 0 Å². The highest BCUT2D eigenvalue weighted by molar-refractivity contribution is 5.86. The molecule has 0 radical (unpaired) electrons. The molecule has 0 aromatic heterocycles. The first-order chi connectivity index (χ1) is 11.0. The van der Waals surface area contributed by atoms with Gasteiger partial charge in [-0.15, -0.1) is 0 Å². The molecule has 0 unspecified atom stereocenters. The summed E-state index contributed by atoms with van der Waals surface area (Å²) in [6, 6.07) is 7.42. The molecule has 0 fully saturated rings. The van der Waals surface area contributed by atoms with Gasteiger partial charge >= 0.3 is 0 Å². The Labute approximate surface area is 115 Å². The first-order valence-electron chi connectivity index (χ1n) is 8.25. The quantitative estimate of drug-likeness (QED) is 0.776. The summed E-state index contributed by atoms with van der Waals surface area (Å²) in [6.07, 6.45) is 0. The SMILES string of the molecule is [2H]C([2H])([2H])OC[C@@H](NC(=O)C([2H])([2H])[2H])C(=O)NCc1ccccc1. The summed E-state index contributed by atoms with van der Waals surface area (Å²) in [5.74, 6) is -2.11. The van der Waals surface area contributed by atoms with Crippen molar-refractivity contribution in [3.05, 3.63) is 35.9 Å². The largest absolute Gasteiger partial charge is 0.382 e. The maximum Gasteiger partial charge on any atom is 0.245 e. The second kappa shape index (κ2) is 7.45. The third-order valence-electron chi connectivity index (χ3n) is 2.18. The Morgan fingerprint density at radius 1 is 1.39 bits per heavy atom. The van der Waals surface area contributed by atoms with Crippen LogP contribution >= 0.6 is 0 Å². The second-order valence-electron chi connectivity index (χ2n) is 3.54. The van der Waals surface area contributed by atoms with Gasteiger partial charge in [0.15, 0.2) is 0 Å². The molecule has 98 valence electrons. The van der Waals surface area contributed by atoms with Crippen LogP contribution in [0, 0.1) is 0 Å². The van der Waals surface area contributed by atoms with E-state index in [1.165, 1.54) is 0 Å². The lowest BCUT2D eigenvalue weighted by Crippen LogP contribution is -2.48. The molecule has 0 saturated heterocycles. The van der Waals surface area contributed by atoms with E-state index in [9.17, 15) is 9.59 Å². The summed E-state index contributed by atoms with van der Waals surface area (Å²) >= 11 is 0. The molecule has 0 saturated carbocycles. The molecule has 5 nitrogen and oxygen atoms in total. The number of hydrogen-bond donors (Lipinski definition) is 2. The van der Waals surface area contributed by atoms with Crippen molar-refractivity contribution in [3.8, 4) is 0 Å². The summed E-state index contributed by atoms with van der Waals surface area (Å²) in [5, 5.41) is 4.47. The number of carbonyl (C=O) groups excluding carboxylic acids is 2. The molecule has 2 N–H and O–H groups in total. The van der Waals surface area contributed by atoms with E-state index in [1.807, 2.05) is 5.32 Å². The Morgan fingerprint density at radius 2 is 2.17 bits per heavy atom. The summed E-state index contributed by atoms with van der Waals surface area (Å²) in [6.45, 7) is -3.51. The topological polar surface area (TPSA) is 67.4 Å². The van der Waals surface area contributed by atoms with Crippen molar-refractivity contribution in [2.45, 2.75) is 19.4 Å². The van der Waals surface area contributed by atoms with Crippen molar-refractivity contribution in [1.82, 2.24) is 10.6 Å². The highest BCUT2D eigenvalue weighted by Crippen LogP contribution is 1.97. The van der Waals surface area contributed by atoms with Gasteiger partial charge in [0.2, 0.25) is 11.8 Å². The van der Waals surface area contributed by atoms with Gasteiger partial charge in [0, 0.05) is 24.5 Å². The molecule has 0 spiro atoms. The highest BCUT2D eigenvalue weighted by atomic mass is 16.5. The molecule has 2 amide bonds. The molecular weight excluding hydrogens is 232 g/mol. The van der Waals surface area contributed by atoms with Crippen molar-refractivity contribution in [1.29, 1.82) is 0 Å². The van der Waals surface area contributed by atoms with E-state index < -0.39 is 38.4 Å². The Kier molecular flexibility index (Phi) is 3.12. The summed E-state index contributed by atoms with van der Waals surface area (Å²) in [4.78, 5) is 23.7. The molecule has 1 atom stereocenters. The maximum absolute atomic E-state index is 12.1. The molecule has 0 bridgehead atoms. The zero-order valence-corrected chi connectivity index (χ0v) is 9.60. The number of nitrogens with one attached hydrogen (secondary N) is 2. The van der Waals surface area contributed by atoms with Gasteiger partial charge in [0.25, 0.3) is 0 Å². The zero-order valence-electron chi connectivity index (χ0n) is 15.6. The average Bonchev–Trinajstić information content (AvgIpc) is 2.48. The Hall–Kier alpha value is -1.88. The minimum atomic E-state index is -2.96. The van der Waals surface area contributed by atoms with Crippen LogP contribution in [0.2, 0.25) is 0 Å². The minimum Gasteiger partial charge on any atom is -0.382 e. The Bertz CT molecular complexity index is 559. The van der Waals surface area contributed by atoms with Crippen LogP contribution in [0.3, 0.4) is 0 Å². The molecule has 0 aliphatic rings. The van der Waals surface area contributed by atoms with E-state index in [1.54, 1.807) is 30.3 Å². The maximum atomic E-state index is 12.1. The number of rotatable bonds is 6. The molecule has 18 heavy (non-hydrogen) atoms. The van der Waals surface area contributed by atoms with Crippen LogP contribution in [0.25, 0.3) is 0 Å². The monoisotopic (exact) mass is 256 g/mol. The number of amides is 2. The van der Waals surface area contributed by atoms with Gasteiger partial charge in [-0.05, 0) is 5.56 Å². The van der Waals surface area contributed by atoms with Gasteiger partial charge in [0.05, 0.1) is 10.7 Å². The van der Waals surface area contributed by atoms with E-state index in [0.29, 0.717) is 0 Å². The van der Waals surface area contributed by atoms with Crippen LogP contribution in [0.4, 0.5) is 0 Å². The smallest absolute Gasteiger partial charge is 0.245 e. The molecule has 0 aliphatic heterocycles.